The topological polar surface area (TPSA) is 72.8 Å². The highest BCUT2D eigenvalue weighted by Crippen LogP contribution is 2.41. The molecule has 144 valence electrons. The highest BCUT2D eigenvalue weighted by molar-refractivity contribution is 6.06. The van der Waals surface area contributed by atoms with Crippen molar-refractivity contribution in [3.63, 3.8) is 0 Å². The van der Waals surface area contributed by atoms with Crippen LogP contribution < -0.4 is 10.2 Å². The Morgan fingerprint density at radius 1 is 1.07 bits per heavy atom. The molecule has 2 aromatic carbocycles. The summed E-state index contributed by atoms with van der Waals surface area (Å²) in [6, 6.07) is 11.2. The largest absolute Gasteiger partial charge is 0.506 e. The van der Waals surface area contributed by atoms with E-state index in [4.69, 9.17) is 13.6 Å². The summed E-state index contributed by atoms with van der Waals surface area (Å²) in [5.41, 5.74) is 2.51. The van der Waals surface area contributed by atoms with Gasteiger partial charge in [0, 0.05) is 6.07 Å². The van der Waals surface area contributed by atoms with Crippen LogP contribution in [-0.2, 0) is 12.0 Å². The van der Waals surface area contributed by atoms with Gasteiger partial charge in [-0.15, -0.1) is 0 Å². The summed E-state index contributed by atoms with van der Waals surface area (Å²) in [4.78, 5) is 12.4. The molecule has 5 nitrogen and oxygen atoms in total. The van der Waals surface area contributed by atoms with E-state index in [1.807, 2.05) is 12.1 Å². The molecule has 1 N–H and O–H groups in total. The van der Waals surface area contributed by atoms with Crippen molar-refractivity contribution in [2.45, 2.75) is 39.7 Å². The zero-order valence-electron chi connectivity index (χ0n) is 16.3. The SMILES string of the molecule is Cc1cc(=O)c2c(O)c3ccoc3c(OCc3ccc(C(C)(C)C)cc3)c2o1. The summed E-state index contributed by atoms with van der Waals surface area (Å²) >= 11 is 0. The highest BCUT2D eigenvalue weighted by Gasteiger charge is 2.22. The minimum atomic E-state index is -0.321. The van der Waals surface area contributed by atoms with Crippen molar-refractivity contribution in [1.29, 1.82) is 0 Å². The van der Waals surface area contributed by atoms with Crippen molar-refractivity contribution in [3.05, 3.63) is 69.8 Å². The Kier molecular flexibility index (Phi) is 4.18. The standard InChI is InChI=1S/C23H22O5/c1-13-11-17(24)18-19(25)16-9-10-26-20(16)22(21(18)28-13)27-12-14-5-7-15(8-6-14)23(2,3)4/h5-11,25H,12H2,1-4H3. The van der Waals surface area contributed by atoms with Crippen LogP contribution in [0.25, 0.3) is 21.9 Å². The average molecular weight is 378 g/mol. The first-order chi connectivity index (χ1) is 13.3. The van der Waals surface area contributed by atoms with Gasteiger partial charge in [-0.05, 0) is 29.5 Å². The predicted octanol–water partition coefficient (Wildman–Crippen LogP) is 5.43. The van der Waals surface area contributed by atoms with Crippen LogP contribution in [-0.4, -0.2) is 5.11 Å². The Balaban J connectivity index is 1.78. The summed E-state index contributed by atoms with van der Waals surface area (Å²) < 4.78 is 17.3. The second-order valence-electron chi connectivity index (χ2n) is 8.00. The lowest BCUT2D eigenvalue weighted by molar-refractivity contribution is 0.303. The number of fused-ring (bicyclic) bond motifs is 2. The van der Waals surface area contributed by atoms with Gasteiger partial charge in [0.2, 0.25) is 5.75 Å². The van der Waals surface area contributed by atoms with Crippen molar-refractivity contribution in [1.82, 2.24) is 0 Å². The molecule has 0 aliphatic carbocycles. The Morgan fingerprint density at radius 2 is 1.79 bits per heavy atom. The van der Waals surface area contributed by atoms with Crippen molar-refractivity contribution in [2.75, 3.05) is 0 Å². The van der Waals surface area contributed by atoms with E-state index in [0.717, 1.165) is 5.56 Å². The molecule has 2 heterocycles. The van der Waals surface area contributed by atoms with Crippen molar-refractivity contribution >= 4 is 21.9 Å². The highest BCUT2D eigenvalue weighted by atomic mass is 16.5. The van der Waals surface area contributed by atoms with E-state index in [1.165, 1.54) is 17.9 Å². The summed E-state index contributed by atoms with van der Waals surface area (Å²) in [6.45, 7) is 8.45. The molecule has 0 saturated heterocycles. The first-order valence-corrected chi connectivity index (χ1v) is 9.14. The lowest BCUT2D eigenvalue weighted by Gasteiger charge is -2.19. The molecule has 28 heavy (non-hydrogen) atoms. The molecule has 0 saturated carbocycles. The maximum absolute atomic E-state index is 12.4. The van der Waals surface area contributed by atoms with Crippen LogP contribution in [0.5, 0.6) is 11.5 Å². The molecule has 0 spiro atoms. The number of benzene rings is 2. The van der Waals surface area contributed by atoms with Gasteiger partial charge in [-0.2, -0.15) is 0 Å². The number of furan rings is 1. The third kappa shape index (κ3) is 3.03. The molecule has 0 aliphatic rings. The number of hydrogen-bond acceptors (Lipinski definition) is 5. The number of phenolic OH excluding ortho intramolecular Hbond substituents is 1. The van der Waals surface area contributed by atoms with E-state index < -0.39 is 0 Å². The van der Waals surface area contributed by atoms with Crippen molar-refractivity contribution < 1.29 is 18.7 Å². The lowest BCUT2D eigenvalue weighted by Crippen LogP contribution is -2.10. The van der Waals surface area contributed by atoms with E-state index >= 15 is 0 Å². The number of rotatable bonds is 3. The first kappa shape index (κ1) is 18.2. The van der Waals surface area contributed by atoms with Crippen molar-refractivity contribution in [2.24, 2.45) is 0 Å². The van der Waals surface area contributed by atoms with Gasteiger partial charge < -0.3 is 18.7 Å². The molecule has 0 bridgehead atoms. The fourth-order valence-corrected chi connectivity index (χ4v) is 3.29. The summed E-state index contributed by atoms with van der Waals surface area (Å²) in [5, 5.41) is 11.0. The van der Waals surface area contributed by atoms with Gasteiger partial charge in [-0.25, -0.2) is 0 Å². The first-order valence-electron chi connectivity index (χ1n) is 9.14. The number of phenols is 1. The van der Waals surface area contributed by atoms with Crippen LogP contribution >= 0.6 is 0 Å². The molecule has 0 radical (unpaired) electrons. The Hall–Kier alpha value is -3.21. The van der Waals surface area contributed by atoms with Crippen molar-refractivity contribution in [3.8, 4) is 11.5 Å². The van der Waals surface area contributed by atoms with Crippen LogP contribution in [0.2, 0.25) is 0 Å². The molecular weight excluding hydrogens is 356 g/mol. The molecule has 2 aromatic heterocycles. The third-order valence-electron chi connectivity index (χ3n) is 4.84. The fraction of sp³-hybridized carbons (Fsp3) is 0.261. The van der Waals surface area contributed by atoms with Crippen LogP contribution in [0.15, 0.2) is 56.3 Å². The van der Waals surface area contributed by atoms with Gasteiger partial charge in [0.25, 0.3) is 0 Å². The minimum absolute atomic E-state index is 0.0772. The average Bonchev–Trinajstić information content (AvgIpc) is 3.10. The Morgan fingerprint density at radius 3 is 2.46 bits per heavy atom. The molecule has 4 aromatic rings. The van der Waals surface area contributed by atoms with Gasteiger partial charge in [-0.1, -0.05) is 45.0 Å². The molecular formula is C23H22O5. The maximum atomic E-state index is 12.4. The van der Waals surface area contributed by atoms with E-state index in [-0.39, 0.29) is 34.2 Å². The molecule has 0 aliphatic heterocycles. The van der Waals surface area contributed by atoms with Gasteiger partial charge >= 0.3 is 0 Å². The number of hydrogen-bond donors (Lipinski definition) is 1. The Bertz CT molecular complexity index is 1220. The molecule has 0 atom stereocenters. The predicted molar refractivity (Wildman–Crippen MR) is 108 cm³/mol. The smallest absolute Gasteiger partial charge is 0.206 e. The van der Waals surface area contributed by atoms with Gasteiger partial charge in [0.1, 0.15) is 23.5 Å². The van der Waals surface area contributed by atoms with Crippen LogP contribution in [0.3, 0.4) is 0 Å². The number of aryl methyl sites for hydroxylation is 1. The second kappa shape index (κ2) is 6.44. The molecule has 4 rings (SSSR count). The summed E-state index contributed by atoms with van der Waals surface area (Å²) in [6.07, 6.45) is 1.45. The normalized spacial score (nSPS) is 12.0. The van der Waals surface area contributed by atoms with Gasteiger partial charge in [0.05, 0.1) is 11.6 Å². The van der Waals surface area contributed by atoms with E-state index in [9.17, 15) is 9.90 Å². The minimum Gasteiger partial charge on any atom is -0.506 e. The van der Waals surface area contributed by atoms with Crippen LogP contribution in [0.1, 0.15) is 37.7 Å². The quantitative estimate of drug-likeness (QED) is 0.515. The number of ether oxygens (including phenoxy) is 1. The fourth-order valence-electron chi connectivity index (χ4n) is 3.29. The van der Waals surface area contributed by atoms with E-state index in [2.05, 4.69) is 32.9 Å². The van der Waals surface area contributed by atoms with Gasteiger partial charge in [-0.3, -0.25) is 4.79 Å². The lowest BCUT2D eigenvalue weighted by atomic mass is 9.87. The van der Waals surface area contributed by atoms with Crippen LogP contribution in [0, 0.1) is 6.92 Å². The summed E-state index contributed by atoms with van der Waals surface area (Å²) in [7, 11) is 0. The monoisotopic (exact) mass is 378 g/mol. The van der Waals surface area contributed by atoms with E-state index in [1.54, 1.807) is 13.0 Å². The van der Waals surface area contributed by atoms with Gasteiger partial charge in [0.15, 0.2) is 16.6 Å². The molecule has 0 amide bonds. The molecule has 5 heteroatoms. The third-order valence-corrected chi connectivity index (χ3v) is 4.84. The Labute approximate surface area is 162 Å². The summed E-state index contributed by atoms with van der Waals surface area (Å²) in [5.74, 6) is 0.588. The van der Waals surface area contributed by atoms with Crippen LogP contribution in [0.4, 0.5) is 0 Å². The zero-order chi connectivity index (χ0) is 20.1. The molecule has 0 fully saturated rings. The van der Waals surface area contributed by atoms with E-state index in [0.29, 0.717) is 22.5 Å². The zero-order valence-corrected chi connectivity index (χ0v) is 16.3. The second-order valence-corrected chi connectivity index (χ2v) is 8.00. The number of aromatic hydroxyl groups is 1. The maximum Gasteiger partial charge on any atom is 0.206 e. The molecule has 0 unspecified atom stereocenters.